The predicted molar refractivity (Wildman–Crippen MR) is 134 cm³/mol. The molecule has 1 heterocycles. The van der Waals surface area contributed by atoms with Gasteiger partial charge in [-0.05, 0) is 72.6 Å². The Labute approximate surface area is 204 Å². The number of ether oxygens (including phenoxy) is 2. The van der Waals surface area contributed by atoms with Crippen molar-refractivity contribution in [1.29, 1.82) is 0 Å². The number of aryl methyl sites for hydroxylation is 2. The van der Waals surface area contributed by atoms with Crippen molar-refractivity contribution in [2.45, 2.75) is 77.2 Å². The zero-order chi connectivity index (χ0) is 25.1. The molecule has 1 saturated heterocycles. The number of benzene rings is 2. The minimum absolute atomic E-state index is 0.0252. The molecule has 6 nitrogen and oxygen atoms in total. The molecule has 3 rings (SSSR count). The first-order valence-electron chi connectivity index (χ1n) is 11.9. The second kappa shape index (κ2) is 10.5. The van der Waals surface area contributed by atoms with E-state index in [4.69, 9.17) is 9.47 Å². The highest BCUT2D eigenvalue weighted by molar-refractivity contribution is 7.89. The number of carbonyl (C=O) groups excluding carboxylic acids is 1. The molecule has 7 heteroatoms. The van der Waals surface area contributed by atoms with Crippen LogP contribution < -0.4 is 4.74 Å². The highest BCUT2D eigenvalue weighted by atomic mass is 32.2. The van der Waals surface area contributed by atoms with E-state index in [0.29, 0.717) is 13.1 Å². The summed E-state index contributed by atoms with van der Waals surface area (Å²) < 4.78 is 39.0. The van der Waals surface area contributed by atoms with Crippen LogP contribution in [0.1, 0.15) is 79.1 Å². The van der Waals surface area contributed by atoms with E-state index in [1.807, 2.05) is 13.8 Å². The molecule has 0 amide bonds. The summed E-state index contributed by atoms with van der Waals surface area (Å²) in [6.07, 6.45) is 3.75. The molecule has 1 fully saturated rings. The molecule has 0 aliphatic carbocycles. The predicted octanol–water partition coefficient (Wildman–Crippen LogP) is 5.53. The van der Waals surface area contributed by atoms with Crippen molar-refractivity contribution in [3.63, 3.8) is 0 Å². The normalized spacial score (nSPS) is 15.6. The van der Waals surface area contributed by atoms with Crippen molar-refractivity contribution in [3.05, 3.63) is 58.1 Å². The molecule has 1 aliphatic rings. The van der Waals surface area contributed by atoms with E-state index < -0.39 is 16.0 Å². The first kappa shape index (κ1) is 26.2. The van der Waals surface area contributed by atoms with E-state index in [1.165, 1.54) is 35.2 Å². The fraction of sp³-hybridized carbons (Fsp3) is 0.519. The maximum absolute atomic E-state index is 13.2. The van der Waals surface area contributed by atoms with Gasteiger partial charge < -0.3 is 9.47 Å². The first-order chi connectivity index (χ1) is 15.9. The number of nitrogens with zero attached hydrogens (tertiary/aromatic N) is 1. The van der Waals surface area contributed by atoms with Gasteiger partial charge in [0.25, 0.3) is 0 Å². The molecule has 0 radical (unpaired) electrons. The van der Waals surface area contributed by atoms with Crippen molar-refractivity contribution in [2.24, 2.45) is 0 Å². The number of esters is 1. The van der Waals surface area contributed by atoms with Gasteiger partial charge in [0.05, 0.1) is 12.0 Å². The van der Waals surface area contributed by atoms with Crippen molar-refractivity contribution in [2.75, 3.05) is 20.2 Å². The lowest BCUT2D eigenvalue weighted by Gasteiger charge is -2.22. The SMILES string of the molecule is COc1ccc(S(=O)(=O)N2CCCCCC2)cc1C(=O)OCc1c(C)cc(C(C)(C)C)cc1C. The lowest BCUT2D eigenvalue weighted by molar-refractivity contribution is 0.0467. The minimum atomic E-state index is -3.70. The van der Waals surface area contributed by atoms with E-state index >= 15 is 0 Å². The Morgan fingerprint density at radius 3 is 2.09 bits per heavy atom. The molecule has 0 N–H and O–H groups in total. The third-order valence-corrected chi connectivity index (χ3v) is 8.40. The lowest BCUT2D eigenvalue weighted by atomic mass is 9.84. The van der Waals surface area contributed by atoms with E-state index in [0.717, 1.165) is 42.4 Å². The first-order valence-corrected chi connectivity index (χ1v) is 13.3. The molecule has 34 heavy (non-hydrogen) atoms. The number of hydrogen-bond donors (Lipinski definition) is 0. The molecule has 186 valence electrons. The van der Waals surface area contributed by atoms with Crippen LogP contribution in [0.3, 0.4) is 0 Å². The minimum Gasteiger partial charge on any atom is -0.496 e. The molecule has 0 unspecified atom stereocenters. The van der Waals surface area contributed by atoms with Crippen molar-refractivity contribution in [3.8, 4) is 5.75 Å². The smallest absolute Gasteiger partial charge is 0.342 e. The molecule has 0 saturated carbocycles. The largest absolute Gasteiger partial charge is 0.496 e. The average Bonchev–Trinajstić information content (AvgIpc) is 3.07. The van der Waals surface area contributed by atoms with Gasteiger partial charge in [0.15, 0.2) is 0 Å². The summed E-state index contributed by atoms with van der Waals surface area (Å²) in [4.78, 5) is 13.1. The van der Waals surface area contributed by atoms with Gasteiger partial charge in [0.1, 0.15) is 17.9 Å². The van der Waals surface area contributed by atoms with Crippen LogP contribution in [0.4, 0.5) is 0 Å². The molecule has 2 aromatic carbocycles. The quantitative estimate of drug-likeness (QED) is 0.501. The molecule has 2 aromatic rings. The van der Waals surface area contributed by atoms with Crippen LogP contribution in [0.15, 0.2) is 35.2 Å². The number of sulfonamides is 1. The summed E-state index contributed by atoms with van der Waals surface area (Å²) in [6, 6.07) is 8.66. The van der Waals surface area contributed by atoms with Crippen LogP contribution in [0, 0.1) is 13.8 Å². The van der Waals surface area contributed by atoms with Crippen LogP contribution in [-0.2, 0) is 26.8 Å². The second-order valence-corrected chi connectivity index (χ2v) is 12.0. The van der Waals surface area contributed by atoms with E-state index in [2.05, 4.69) is 32.9 Å². The zero-order valence-corrected chi connectivity index (χ0v) is 22.0. The van der Waals surface area contributed by atoms with E-state index in [-0.39, 0.29) is 28.2 Å². The van der Waals surface area contributed by atoms with Gasteiger partial charge in [-0.1, -0.05) is 45.7 Å². The molecule has 0 atom stereocenters. The standard InChI is InChI=1S/C27H37NO5S/c1-19-15-21(27(3,4)5)16-20(2)24(19)18-33-26(29)23-17-22(11-12-25(23)32-6)34(30,31)28-13-9-7-8-10-14-28/h11-12,15-17H,7-10,13-14,18H2,1-6H3. The Bertz CT molecular complexity index is 1120. The summed E-state index contributed by atoms with van der Waals surface area (Å²) in [5.41, 5.74) is 4.43. The molecule has 1 aliphatic heterocycles. The lowest BCUT2D eigenvalue weighted by Crippen LogP contribution is -2.32. The van der Waals surface area contributed by atoms with Crippen molar-refractivity contribution in [1.82, 2.24) is 4.31 Å². The third kappa shape index (κ3) is 5.81. The van der Waals surface area contributed by atoms with Crippen LogP contribution >= 0.6 is 0 Å². The van der Waals surface area contributed by atoms with Gasteiger partial charge in [-0.25, -0.2) is 13.2 Å². The van der Waals surface area contributed by atoms with Gasteiger partial charge in [0, 0.05) is 13.1 Å². The molecule has 0 aromatic heterocycles. The van der Waals surface area contributed by atoms with Gasteiger partial charge in [0.2, 0.25) is 10.0 Å². The summed E-state index contributed by atoms with van der Waals surface area (Å²) in [5, 5.41) is 0. The Balaban J connectivity index is 1.85. The van der Waals surface area contributed by atoms with Crippen LogP contribution in [0.25, 0.3) is 0 Å². The number of hydrogen-bond acceptors (Lipinski definition) is 5. The van der Waals surface area contributed by atoms with Crippen molar-refractivity contribution < 1.29 is 22.7 Å². The van der Waals surface area contributed by atoms with Gasteiger partial charge >= 0.3 is 5.97 Å². The molecular weight excluding hydrogens is 450 g/mol. The third-order valence-electron chi connectivity index (χ3n) is 6.50. The van der Waals surface area contributed by atoms with Gasteiger partial charge in [-0.2, -0.15) is 4.31 Å². The van der Waals surface area contributed by atoms with Gasteiger partial charge in [-0.3, -0.25) is 0 Å². The Morgan fingerprint density at radius 1 is 0.971 bits per heavy atom. The van der Waals surface area contributed by atoms with Crippen molar-refractivity contribution >= 4 is 16.0 Å². The second-order valence-electron chi connectivity index (χ2n) is 10.1. The Kier molecular flexibility index (Phi) is 8.09. The maximum atomic E-state index is 13.2. The highest BCUT2D eigenvalue weighted by Crippen LogP contribution is 2.29. The van der Waals surface area contributed by atoms with Crippen LogP contribution in [0.2, 0.25) is 0 Å². The fourth-order valence-corrected chi connectivity index (χ4v) is 5.85. The summed E-state index contributed by atoms with van der Waals surface area (Å²) in [7, 11) is -2.24. The zero-order valence-electron chi connectivity index (χ0n) is 21.2. The molecule has 0 spiro atoms. The summed E-state index contributed by atoms with van der Waals surface area (Å²) in [6.45, 7) is 11.6. The van der Waals surface area contributed by atoms with E-state index in [1.54, 1.807) is 0 Å². The van der Waals surface area contributed by atoms with E-state index in [9.17, 15) is 13.2 Å². The molecular formula is C27H37NO5S. The number of rotatable bonds is 6. The van der Waals surface area contributed by atoms with Crippen LogP contribution in [-0.4, -0.2) is 38.9 Å². The number of carbonyl (C=O) groups is 1. The topological polar surface area (TPSA) is 72.9 Å². The monoisotopic (exact) mass is 487 g/mol. The van der Waals surface area contributed by atoms with Crippen LogP contribution in [0.5, 0.6) is 5.75 Å². The number of methoxy groups -OCH3 is 1. The molecule has 0 bridgehead atoms. The fourth-order valence-electron chi connectivity index (χ4n) is 4.31. The Morgan fingerprint density at radius 2 is 1.56 bits per heavy atom. The Hall–Kier alpha value is -2.38. The average molecular weight is 488 g/mol. The highest BCUT2D eigenvalue weighted by Gasteiger charge is 2.27. The maximum Gasteiger partial charge on any atom is 0.342 e. The summed E-state index contributed by atoms with van der Waals surface area (Å²) >= 11 is 0. The van der Waals surface area contributed by atoms with Gasteiger partial charge in [-0.15, -0.1) is 0 Å². The summed E-state index contributed by atoms with van der Waals surface area (Å²) in [5.74, 6) is -0.320.